The molecular weight excluding hydrogens is 268 g/mol. The molecule has 0 aliphatic rings. The highest BCUT2D eigenvalue weighted by Crippen LogP contribution is 2.15. The van der Waals surface area contributed by atoms with E-state index in [4.69, 9.17) is 16.3 Å². The van der Waals surface area contributed by atoms with Crippen LogP contribution < -0.4 is 16.0 Å². The van der Waals surface area contributed by atoms with Crippen LogP contribution in [-0.2, 0) is 0 Å². The molecular formula is C13H13ClN2O3. The molecule has 0 aliphatic heterocycles. The Bertz CT molecular complexity index is 719. The van der Waals surface area contributed by atoms with E-state index in [1.165, 1.54) is 0 Å². The number of hydrogen-bond acceptors (Lipinski definition) is 3. The fourth-order valence-corrected chi connectivity index (χ4v) is 1.87. The topological polar surface area (TPSA) is 64.1 Å². The lowest BCUT2D eigenvalue weighted by atomic mass is 10.3. The standard InChI is InChI=1S/C13H13ClN2O3/c1-3-19-10-6-4-5-9(7-10)16-12(17)8(2)11(14)15-13(16)18/h4-7H,3H2,1-2H3,(H,15,18). The summed E-state index contributed by atoms with van der Waals surface area (Å²) in [7, 11) is 0. The van der Waals surface area contributed by atoms with Gasteiger partial charge in [0.15, 0.2) is 0 Å². The van der Waals surface area contributed by atoms with Crippen molar-refractivity contribution in [3.8, 4) is 11.4 Å². The first-order valence-electron chi connectivity index (χ1n) is 5.79. The minimum absolute atomic E-state index is 0.0622. The van der Waals surface area contributed by atoms with Gasteiger partial charge in [0.2, 0.25) is 0 Å². The van der Waals surface area contributed by atoms with Crippen LogP contribution in [0.15, 0.2) is 33.9 Å². The molecule has 1 aromatic carbocycles. The number of nitrogens with zero attached hydrogens (tertiary/aromatic N) is 1. The van der Waals surface area contributed by atoms with Crippen LogP contribution in [-0.4, -0.2) is 16.2 Å². The SMILES string of the molecule is CCOc1cccc(-n2c(=O)[nH]c(Cl)c(C)c2=O)c1. The fraction of sp³-hybridized carbons (Fsp3) is 0.231. The molecule has 1 heterocycles. The molecule has 0 aliphatic carbocycles. The lowest BCUT2D eigenvalue weighted by molar-refractivity contribution is 0.340. The average molecular weight is 281 g/mol. The molecule has 19 heavy (non-hydrogen) atoms. The Morgan fingerprint density at radius 2 is 2.11 bits per heavy atom. The third kappa shape index (κ3) is 2.56. The van der Waals surface area contributed by atoms with Crippen LogP contribution >= 0.6 is 11.6 Å². The number of aromatic amines is 1. The second-order valence-electron chi connectivity index (χ2n) is 3.94. The number of nitrogens with one attached hydrogen (secondary N) is 1. The van der Waals surface area contributed by atoms with E-state index in [0.29, 0.717) is 23.6 Å². The Balaban J connectivity index is 2.66. The smallest absolute Gasteiger partial charge is 0.334 e. The summed E-state index contributed by atoms with van der Waals surface area (Å²) in [6.07, 6.45) is 0. The van der Waals surface area contributed by atoms with Gasteiger partial charge in [-0.3, -0.25) is 9.78 Å². The molecule has 2 rings (SSSR count). The van der Waals surface area contributed by atoms with Gasteiger partial charge in [0.25, 0.3) is 5.56 Å². The van der Waals surface area contributed by atoms with Crippen molar-refractivity contribution in [2.24, 2.45) is 0 Å². The molecule has 0 spiro atoms. The van der Waals surface area contributed by atoms with Crippen LogP contribution in [0.25, 0.3) is 5.69 Å². The van der Waals surface area contributed by atoms with Gasteiger partial charge >= 0.3 is 5.69 Å². The minimum atomic E-state index is -0.575. The summed E-state index contributed by atoms with van der Waals surface area (Å²) in [6.45, 7) is 3.93. The van der Waals surface area contributed by atoms with Crippen LogP contribution in [0.5, 0.6) is 5.75 Å². The predicted octanol–water partition coefficient (Wildman–Crippen LogP) is 1.89. The van der Waals surface area contributed by atoms with Crippen molar-refractivity contribution in [2.75, 3.05) is 6.61 Å². The van der Waals surface area contributed by atoms with Gasteiger partial charge in [-0.1, -0.05) is 17.7 Å². The van der Waals surface area contributed by atoms with Gasteiger partial charge in [-0.15, -0.1) is 0 Å². The Morgan fingerprint density at radius 1 is 1.37 bits per heavy atom. The van der Waals surface area contributed by atoms with E-state index in [-0.39, 0.29) is 5.15 Å². The van der Waals surface area contributed by atoms with Crippen molar-refractivity contribution in [3.05, 3.63) is 55.8 Å². The van der Waals surface area contributed by atoms with E-state index < -0.39 is 11.2 Å². The molecule has 2 aromatic rings. The number of benzene rings is 1. The van der Waals surface area contributed by atoms with Crippen LogP contribution in [0.4, 0.5) is 0 Å². The number of ether oxygens (including phenoxy) is 1. The fourth-order valence-electron chi connectivity index (χ4n) is 1.71. The lowest BCUT2D eigenvalue weighted by Gasteiger charge is -2.08. The van der Waals surface area contributed by atoms with E-state index in [9.17, 15) is 9.59 Å². The molecule has 100 valence electrons. The monoisotopic (exact) mass is 280 g/mol. The van der Waals surface area contributed by atoms with Crippen LogP contribution in [0.2, 0.25) is 5.15 Å². The molecule has 0 unspecified atom stereocenters. The number of rotatable bonds is 3. The van der Waals surface area contributed by atoms with Gasteiger partial charge in [-0.2, -0.15) is 0 Å². The Morgan fingerprint density at radius 3 is 2.79 bits per heavy atom. The molecule has 6 heteroatoms. The van der Waals surface area contributed by atoms with Crippen LogP contribution in [0.1, 0.15) is 12.5 Å². The maximum absolute atomic E-state index is 12.1. The first-order chi connectivity index (χ1) is 9.04. The summed E-state index contributed by atoms with van der Waals surface area (Å²) in [5.41, 5.74) is -0.281. The zero-order chi connectivity index (χ0) is 14.0. The summed E-state index contributed by atoms with van der Waals surface area (Å²) >= 11 is 5.77. The third-order valence-electron chi connectivity index (χ3n) is 2.66. The van der Waals surface area contributed by atoms with Gasteiger partial charge in [0.1, 0.15) is 10.9 Å². The van der Waals surface area contributed by atoms with Gasteiger partial charge in [0, 0.05) is 6.07 Å². The zero-order valence-corrected chi connectivity index (χ0v) is 11.3. The predicted molar refractivity (Wildman–Crippen MR) is 73.6 cm³/mol. The van der Waals surface area contributed by atoms with Crippen molar-refractivity contribution in [2.45, 2.75) is 13.8 Å². The van der Waals surface area contributed by atoms with Gasteiger partial charge in [0.05, 0.1) is 17.9 Å². The Labute approximate surface area is 114 Å². The Kier molecular flexibility index (Phi) is 3.76. The molecule has 0 saturated carbocycles. The highest BCUT2D eigenvalue weighted by atomic mass is 35.5. The van der Waals surface area contributed by atoms with Crippen LogP contribution in [0.3, 0.4) is 0 Å². The number of hydrogen-bond donors (Lipinski definition) is 1. The van der Waals surface area contributed by atoms with E-state index in [1.54, 1.807) is 31.2 Å². The molecule has 0 bridgehead atoms. The largest absolute Gasteiger partial charge is 0.494 e. The maximum atomic E-state index is 12.1. The summed E-state index contributed by atoms with van der Waals surface area (Å²) in [5, 5.41) is 0.0622. The van der Waals surface area contributed by atoms with E-state index in [1.807, 2.05) is 6.92 Å². The summed E-state index contributed by atoms with van der Waals surface area (Å²) in [6, 6.07) is 6.77. The quantitative estimate of drug-likeness (QED) is 0.873. The molecule has 0 amide bonds. The summed E-state index contributed by atoms with van der Waals surface area (Å²) < 4.78 is 6.38. The zero-order valence-electron chi connectivity index (χ0n) is 10.6. The normalized spacial score (nSPS) is 10.5. The molecule has 1 aromatic heterocycles. The van der Waals surface area contributed by atoms with E-state index in [2.05, 4.69) is 4.98 Å². The Hall–Kier alpha value is -2.01. The van der Waals surface area contributed by atoms with Crippen molar-refractivity contribution >= 4 is 11.6 Å². The molecule has 0 radical (unpaired) electrons. The first-order valence-corrected chi connectivity index (χ1v) is 6.17. The molecule has 0 fully saturated rings. The minimum Gasteiger partial charge on any atom is -0.494 e. The lowest BCUT2D eigenvalue weighted by Crippen LogP contribution is -2.35. The third-order valence-corrected chi connectivity index (χ3v) is 3.04. The molecule has 0 atom stereocenters. The van der Waals surface area contributed by atoms with Crippen molar-refractivity contribution < 1.29 is 4.74 Å². The number of H-pyrrole nitrogens is 1. The van der Waals surface area contributed by atoms with Gasteiger partial charge < -0.3 is 4.74 Å². The van der Waals surface area contributed by atoms with E-state index in [0.717, 1.165) is 4.57 Å². The van der Waals surface area contributed by atoms with Crippen LogP contribution in [0, 0.1) is 6.92 Å². The number of aromatic nitrogens is 2. The van der Waals surface area contributed by atoms with Crippen molar-refractivity contribution in [3.63, 3.8) is 0 Å². The highest BCUT2D eigenvalue weighted by Gasteiger charge is 2.11. The second-order valence-corrected chi connectivity index (χ2v) is 4.32. The number of halogens is 1. The summed E-state index contributed by atoms with van der Waals surface area (Å²) in [5.74, 6) is 0.596. The molecule has 5 nitrogen and oxygen atoms in total. The highest BCUT2D eigenvalue weighted by molar-refractivity contribution is 6.30. The average Bonchev–Trinajstić information content (AvgIpc) is 2.37. The second kappa shape index (κ2) is 5.32. The van der Waals surface area contributed by atoms with Gasteiger partial charge in [-0.05, 0) is 26.0 Å². The van der Waals surface area contributed by atoms with E-state index >= 15 is 0 Å². The first kappa shape index (κ1) is 13.4. The molecule has 1 N–H and O–H groups in total. The maximum Gasteiger partial charge on any atom is 0.334 e. The van der Waals surface area contributed by atoms with Crippen molar-refractivity contribution in [1.29, 1.82) is 0 Å². The van der Waals surface area contributed by atoms with Crippen molar-refractivity contribution in [1.82, 2.24) is 9.55 Å². The summed E-state index contributed by atoms with van der Waals surface area (Å²) in [4.78, 5) is 26.4. The molecule has 0 saturated heterocycles. The van der Waals surface area contributed by atoms with Gasteiger partial charge in [-0.25, -0.2) is 9.36 Å².